The fraction of sp³-hybridized carbons (Fsp3) is 0.222. The summed E-state index contributed by atoms with van der Waals surface area (Å²) in [5, 5.41) is 4.56. The molecule has 0 atom stereocenters. The minimum atomic E-state index is -0.503. The van der Waals surface area contributed by atoms with E-state index < -0.39 is 5.97 Å². The van der Waals surface area contributed by atoms with E-state index in [0.717, 1.165) is 11.1 Å². The normalized spacial score (nSPS) is 12.8. The summed E-state index contributed by atoms with van der Waals surface area (Å²) in [4.78, 5) is 16.7. The summed E-state index contributed by atoms with van der Waals surface area (Å²) in [5.41, 5.74) is 2.28. The number of fused-ring (bicyclic) bond motifs is 1. The van der Waals surface area contributed by atoms with Gasteiger partial charge in [0.05, 0.1) is 5.71 Å². The van der Waals surface area contributed by atoms with Crippen molar-refractivity contribution in [2.24, 2.45) is 5.16 Å². The average molecular weight is 362 g/mol. The Labute approximate surface area is 149 Å². The van der Waals surface area contributed by atoms with Gasteiger partial charge in [-0.3, -0.25) is 0 Å². The number of hydrogen-bond acceptors (Lipinski definition) is 6. The topological polar surface area (TPSA) is 66.4 Å². The van der Waals surface area contributed by atoms with Crippen LogP contribution in [0.15, 0.2) is 47.6 Å². The highest BCUT2D eigenvalue weighted by Crippen LogP contribution is 2.32. The molecule has 0 amide bonds. The van der Waals surface area contributed by atoms with Gasteiger partial charge in [-0.1, -0.05) is 28.9 Å². The van der Waals surface area contributed by atoms with Crippen molar-refractivity contribution in [2.45, 2.75) is 13.5 Å². The number of oxime groups is 1. The Morgan fingerprint density at radius 1 is 1.16 bits per heavy atom. The molecule has 0 unspecified atom stereocenters. The second-order valence-corrected chi connectivity index (χ2v) is 5.74. The third-order valence-corrected chi connectivity index (χ3v) is 3.74. The monoisotopic (exact) mass is 361 g/mol. The molecule has 2 aromatic carbocycles. The highest BCUT2D eigenvalue weighted by molar-refractivity contribution is 6.30. The molecular weight excluding hydrogens is 346 g/mol. The molecule has 0 saturated carbocycles. The molecule has 3 rings (SSSR count). The maximum atomic E-state index is 11.7. The second kappa shape index (κ2) is 7.90. The lowest BCUT2D eigenvalue weighted by Crippen LogP contribution is -2.11. The van der Waals surface area contributed by atoms with Crippen LogP contribution in [0.1, 0.15) is 18.1 Å². The molecule has 25 heavy (non-hydrogen) atoms. The number of esters is 1. The lowest BCUT2D eigenvalue weighted by atomic mass is 10.1. The van der Waals surface area contributed by atoms with Crippen LogP contribution in [0.2, 0.25) is 5.02 Å². The lowest BCUT2D eigenvalue weighted by molar-refractivity contribution is -0.150. The van der Waals surface area contributed by atoms with Crippen LogP contribution in [0.4, 0.5) is 0 Å². The molecule has 6 nitrogen and oxygen atoms in total. The molecule has 0 aliphatic carbocycles. The minimum Gasteiger partial charge on any atom is -0.458 e. The van der Waals surface area contributed by atoms with Crippen LogP contribution in [-0.2, 0) is 21.0 Å². The maximum Gasteiger partial charge on any atom is 0.347 e. The van der Waals surface area contributed by atoms with Crippen molar-refractivity contribution in [1.82, 2.24) is 0 Å². The average Bonchev–Trinajstić information content (AvgIpc) is 3.09. The van der Waals surface area contributed by atoms with Crippen LogP contribution in [0.5, 0.6) is 11.5 Å². The van der Waals surface area contributed by atoms with E-state index in [4.69, 9.17) is 30.6 Å². The van der Waals surface area contributed by atoms with Gasteiger partial charge >= 0.3 is 5.97 Å². The summed E-state index contributed by atoms with van der Waals surface area (Å²) < 4.78 is 15.7. The van der Waals surface area contributed by atoms with E-state index in [9.17, 15) is 4.79 Å². The first-order valence-corrected chi connectivity index (χ1v) is 7.96. The Balaban J connectivity index is 1.47. The summed E-state index contributed by atoms with van der Waals surface area (Å²) in [7, 11) is 0. The largest absolute Gasteiger partial charge is 0.458 e. The molecule has 0 N–H and O–H groups in total. The van der Waals surface area contributed by atoms with Gasteiger partial charge < -0.3 is 19.0 Å². The molecule has 7 heteroatoms. The number of rotatable bonds is 6. The summed E-state index contributed by atoms with van der Waals surface area (Å²) in [6, 6.07) is 12.5. The van der Waals surface area contributed by atoms with E-state index >= 15 is 0 Å². The zero-order valence-corrected chi connectivity index (χ0v) is 14.3. The molecule has 0 spiro atoms. The van der Waals surface area contributed by atoms with Crippen LogP contribution in [0.3, 0.4) is 0 Å². The Morgan fingerprint density at radius 2 is 1.92 bits per heavy atom. The number of ether oxygens (including phenoxy) is 3. The van der Waals surface area contributed by atoms with Crippen LogP contribution >= 0.6 is 11.6 Å². The first-order chi connectivity index (χ1) is 12.1. The quantitative estimate of drug-likeness (QED) is 0.447. The highest BCUT2D eigenvalue weighted by Gasteiger charge is 2.14. The smallest absolute Gasteiger partial charge is 0.347 e. The number of carbonyl (C=O) groups is 1. The van der Waals surface area contributed by atoms with Crippen LogP contribution < -0.4 is 9.47 Å². The zero-order chi connectivity index (χ0) is 17.6. The SMILES string of the molecule is C/C(=N\OCC(=O)OCc1ccc(Cl)cc1)c1ccc2c(c1)OCO2. The van der Waals surface area contributed by atoms with Gasteiger partial charge in [-0.15, -0.1) is 0 Å². The Bertz CT molecular complexity index is 789. The van der Waals surface area contributed by atoms with Crippen LogP contribution in [0, 0.1) is 0 Å². The van der Waals surface area contributed by atoms with Crippen LogP contribution in [0.25, 0.3) is 0 Å². The molecule has 0 bridgehead atoms. The summed E-state index contributed by atoms with van der Waals surface area (Å²) in [6.07, 6.45) is 0. The molecule has 2 aromatic rings. The fourth-order valence-corrected chi connectivity index (χ4v) is 2.27. The molecule has 130 valence electrons. The van der Waals surface area contributed by atoms with Gasteiger partial charge in [-0.2, -0.15) is 0 Å². The summed E-state index contributed by atoms with van der Waals surface area (Å²) >= 11 is 5.80. The zero-order valence-electron chi connectivity index (χ0n) is 13.5. The Hall–Kier alpha value is -2.73. The molecular formula is C18H16ClNO5. The van der Waals surface area contributed by atoms with Crippen molar-refractivity contribution in [2.75, 3.05) is 13.4 Å². The van der Waals surface area contributed by atoms with Gasteiger partial charge in [0.1, 0.15) is 6.61 Å². The van der Waals surface area contributed by atoms with E-state index in [1.807, 2.05) is 12.1 Å². The molecule has 0 aromatic heterocycles. The second-order valence-electron chi connectivity index (χ2n) is 5.31. The Kier molecular flexibility index (Phi) is 5.40. The predicted molar refractivity (Wildman–Crippen MR) is 92.0 cm³/mol. The fourth-order valence-electron chi connectivity index (χ4n) is 2.14. The van der Waals surface area contributed by atoms with E-state index in [2.05, 4.69) is 5.16 Å². The maximum absolute atomic E-state index is 11.7. The van der Waals surface area contributed by atoms with Gasteiger partial charge in [0.25, 0.3) is 0 Å². The third-order valence-electron chi connectivity index (χ3n) is 3.49. The van der Waals surface area contributed by atoms with Gasteiger partial charge in [-0.25, -0.2) is 4.79 Å². The van der Waals surface area contributed by atoms with Crippen molar-refractivity contribution in [3.63, 3.8) is 0 Å². The number of nitrogens with zero attached hydrogens (tertiary/aromatic N) is 1. The third kappa shape index (κ3) is 4.64. The molecule has 0 radical (unpaired) electrons. The minimum absolute atomic E-state index is 0.157. The van der Waals surface area contributed by atoms with Crippen molar-refractivity contribution in [1.29, 1.82) is 0 Å². The highest BCUT2D eigenvalue weighted by atomic mass is 35.5. The predicted octanol–water partition coefficient (Wildman–Crippen LogP) is 3.55. The van der Waals surface area contributed by atoms with Crippen molar-refractivity contribution >= 4 is 23.3 Å². The summed E-state index contributed by atoms with van der Waals surface area (Å²) in [6.45, 7) is 1.88. The number of benzene rings is 2. The molecule has 1 aliphatic rings. The van der Waals surface area contributed by atoms with E-state index in [0.29, 0.717) is 22.2 Å². The first kappa shape index (κ1) is 17.1. The van der Waals surface area contributed by atoms with Crippen LogP contribution in [-0.4, -0.2) is 25.1 Å². The number of carbonyl (C=O) groups excluding carboxylic acids is 1. The van der Waals surface area contributed by atoms with E-state index in [1.165, 1.54) is 0 Å². The van der Waals surface area contributed by atoms with E-state index in [-0.39, 0.29) is 20.0 Å². The number of halogens is 1. The first-order valence-electron chi connectivity index (χ1n) is 7.58. The van der Waals surface area contributed by atoms with Gasteiger partial charge in [0.15, 0.2) is 11.5 Å². The van der Waals surface area contributed by atoms with E-state index in [1.54, 1.807) is 37.3 Å². The molecule has 1 heterocycles. The molecule has 1 aliphatic heterocycles. The van der Waals surface area contributed by atoms with Crippen molar-refractivity contribution in [3.8, 4) is 11.5 Å². The molecule has 0 fully saturated rings. The van der Waals surface area contributed by atoms with Gasteiger partial charge in [0, 0.05) is 10.6 Å². The molecule has 0 saturated heterocycles. The Morgan fingerprint density at radius 3 is 2.72 bits per heavy atom. The van der Waals surface area contributed by atoms with Gasteiger partial charge in [0.2, 0.25) is 13.4 Å². The van der Waals surface area contributed by atoms with Crippen molar-refractivity contribution < 1.29 is 23.8 Å². The van der Waals surface area contributed by atoms with Gasteiger partial charge in [-0.05, 0) is 42.8 Å². The summed E-state index contributed by atoms with van der Waals surface area (Å²) in [5.74, 6) is 0.856. The standard InChI is InChI=1S/C18H16ClNO5/c1-12(14-4-7-16-17(8-14)24-11-23-16)20-25-10-18(21)22-9-13-2-5-15(19)6-3-13/h2-8H,9-11H2,1H3/b20-12+. The number of hydrogen-bond donors (Lipinski definition) is 0. The van der Waals surface area contributed by atoms with Crippen molar-refractivity contribution in [3.05, 3.63) is 58.6 Å². The lowest BCUT2D eigenvalue weighted by Gasteiger charge is -2.05.